The highest BCUT2D eigenvalue weighted by Gasteiger charge is 2.33. The third-order valence-corrected chi connectivity index (χ3v) is 5.63. The van der Waals surface area contributed by atoms with E-state index in [0.29, 0.717) is 17.9 Å². The van der Waals surface area contributed by atoms with Crippen molar-refractivity contribution in [2.75, 3.05) is 32.2 Å². The highest BCUT2D eigenvalue weighted by molar-refractivity contribution is 7.88. The lowest BCUT2D eigenvalue weighted by Crippen LogP contribution is -2.47. The van der Waals surface area contributed by atoms with Crippen molar-refractivity contribution in [3.05, 3.63) is 54.1 Å². The molecule has 0 bridgehead atoms. The van der Waals surface area contributed by atoms with Crippen molar-refractivity contribution in [1.82, 2.24) is 4.72 Å². The highest BCUT2D eigenvalue weighted by atomic mass is 32.2. The van der Waals surface area contributed by atoms with Crippen molar-refractivity contribution in [3.8, 4) is 0 Å². The third kappa shape index (κ3) is 5.73. The zero-order valence-electron chi connectivity index (χ0n) is 15.5. The predicted molar refractivity (Wildman–Crippen MR) is 104 cm³/mol. The number of ether oxygens (including phenoxy) is 3. The van der Waals surface area contributed by atoms with Gasteiger partial charge in [0.1, 0.15) is 12.2 Å². The minimum Gasteiger partial charge on any atom is -0.383 e. The number of allylic oxidation sites excluding steroid dienone is 2. The average Bonchev–Trinajstić information content (AvgIpc) is 2.67. The second kappa shape index (κ2) is 9.44. The van der Waals surface area contributed by atoms with Crippen LogP contribution < -0.4 is 10.0 Å². The normalized spacial score (nSPS) is 24.0. The van der Waals surface area contributed by atoms with Crippen molar-refractivity contribution < 1.29 is 27.4 Å². The number of anilines is 1. The fourth-order valence-electron chi connectivity index (χ4n) is 2.94. The Kier molecular flexibility index (Phi) is 6.97. The first-order valence-electron chi connectivity index (χ1n) is 8.95. The lowest BCUT2D eigenvalue weighted by Gasteiger charge is -2.34. The van der Waals surface area contributed by atoms with E-state index in [0.717, 1.165) is 0 Å². The molecule has 1 aliphatic carbocycles. The Labute approximate surface area is 164 Å². The van der Waals surface area contributed by atoms with Gasteiger partial charge in [-0.2, -0.15) is 0 Å². The molecule has 9 heteroatoms. The number of sulfonamides is 1. The van der Waals surface area contributed by atoms with Crippen LogP contribution in [0.15, 0.2) is 48.6 Å². The second-order valence-electron chi connectivity index (χ2n) is 6.49. The van der Waals surface area contributed by atoms with Crippen LogP contribution in [0.3, 0.4) is 0 Å². The second-order valence-corrected chi connectivity index (χ2v) is 8.30. The number of nitrogens with one attached hydrogen (secondary N) is 2. The summed E-state index contributed by atoms with van der Waals surface area (Å²) < 4.78 is 42.9. The van der Waals surface area contributed by atoms with Gasteiger partial charge in [-0.1, -0.05) is 36.4 Å². The Balaban J connectivity index is 1.57. The number of fused-ring (bicyclic) bond motifs is 1. The van der Waals surface area contributed by atoms with Crippen LogP contribution in [0.4, 0.5) is 5.69 Å². The molecule has 0 aromatic heterocycles. The van der Waals surface area contributed by atoms with E-state index in [4.69, 9.17) is 14.2 Å². The lowest BCUT2D eigenvalue weighted by atomic mass is 10.1. The molecule has 1 saturated heterocycles. The van der Waals surface area contributed by atoms with E-state index < -0.39 is 16.1 Å². The molecule has 152 valence electrons. The third-order valence-electron chi connectivity index (χ3n) is 4.27. The van der Waals surface area contributed by atoms with Crippen LogP contribution in [0, 0.1) is 0 Å². The number of hydrogen-bond acceptors (Lipinski definition) is 6. The first kappa shape index (κ1) is 20.7. The van der Waals surface area contributed by atoms with E-state index in [9.17, 15) is 13.2 Å². The summed E-state index contributed by atoms with van der Waals surface area (Å²) in [5.74, 6) is -0.524. The summed E-state index contributed by atoms with van der Waals surface area (Å²) in [5, 5.41) is 2.76. The number of benzene rings is 1. The molecule has 1 aromatic rings. The molecule has 1 fully saturated rings. The summed E-state index contributed by atoms with van der Waals surface area (Å²) in [6.07, 6.45) is 6.29. The number of carbonyl (C=O) groups excluding carboxylic acids is 1. The van der Waals surface area contributed by atoms with Crippen molar-refractivity contribution in [2.45, 2.75) is 24.1 Å². The van der Waals surface area contributed by atoms with Gasteiger partial charge in [-0.3, -0.25) is 4.79 Å². The summed E-state index contributed by atoms with van der Waals surface area (Å²) in [6, 6.07) is 6.71. The Bertz CT molecular complexity index is 852. The largest absolute Gasteiger partial charge is 0.383 e. The van der Waals surface area contributed by atoms with Gasteiger partial charge in [0.2, 0.25) is 10.0 Å². The molecule has 0 radical (unpaired) electrons. The predicted octanol–water partition coefficient (Wildman–Crippen LogP) is 0.969. The monoisotopic (exact) mass is 408 g/mol. The van der Waals surface area contributed by atoms with Crippen LogP contribution in [-0.2, 0) is 34.8 Å². The standard InChI is InChI=1S/C19H24N2O6S/c1-25-10-9-20-28(23,24)13-14-5-4-6-15(11-14)21-19(22)18-12-26-16-7-2-3-8-17(16)27-18/h2-8,11,16-18,20H,9-10,12-13H2,1H3,(H,21,22)/t16-,17-,18+/m1/s1. The van der Waals surface area contributed by atoms with Crippen LogP contribution >= 0.6 is 0 Å². The lowest BCUT2D eigenvalue weighted by molar-refractivity contribution is -0.164. The summed E-state index contributed by atoms with van der Waals surface area (Å²) in [4.78, 5) is 12.5. The Morgan fingerprint density at radius 1 is 1.25 bits per heavy atom. The molecule has 3 atom stereocenters. The van der Waals surface area contributed by atoms with Gasteiger partial charge in [-0.05, 0) is 17.7 Å². The Hall–Kier alpha value is -2.04. The highest BCUT2D eigenvalue weighted by Crippen LogP contribution is 2.21. The first-order valence-corrected chi connectivity index (χ1v) is 10.6. The van der Waals surface area contributed by atoms with E-state index >= 15 is 0 Å². The molecular formula is C19H24N2O6S. The number of rotatable bonds is 8. The molecule has 0 spiro atoms. The summed E-state index contributed by atoms with van der Waals surface area (Å²) in [5.41, 5.74) is 1.06. The van der Waals surface area contributed by atoms with E-state index in [1.807, 2.05) is 24.3 Å². The van der Waals surface area contributed by atoms with Crippen LogP contribution in [-0.4, -0.2) is 59.5 Å². The van der Waals surface area contributed by atoms with Gasteiger partial charge in [0, 0.05) is 19.3 Å². The van der Waals surface area contributed by atoms with E-state index in [-0.39, 0.29) is 37.0 Å². The SMILES string of the molecule is COCCNS(=O)(=O)Cc1cccc(NC(=O)[C@@H]2CO[C@@H]3C=CC=C[C@H]3O2)c1. The molecule has 2 N–H and O–H groups in total. The molecule has 0 unspecified atom stereocenters. The van der Waals surface area contributed by atoms with Crippen LogP contribution in [0.5, 0.6) is 0 Å². The maximum atomic E-state index is 12.5. The van der Waals surface area contributed by atoms with Gasteiger partial charge in [0.25, 0.3) is 5.91 Å². The number of hydrogen-bond donors (Lipinski definition) is 2. The molecule has 2 aliphatic rings. The summed E-state index contributed by atoms with van der Waals surface area (Å²) in [6.45, 7) is 0.661. The zero-order valence-corrected chi connectivity index (χ0v) is 16.4. The molecule has 1 aromatic carbocycles. The molecule has 1 aliphatic heterocycles. The topological polar surface area (TPSA) is 103 Å². The van der Waals surface area contributed by atoms with Gasteiger partial charge in [0.15, 0.2) is 6.10 Å². The molecule has 1 amide bonds. The maximum Gasteiger partial charge on any atom is 0.255 e. The van der Waals surface area contributed by atoms with Gasteiger partial charge >= 0.3 is 0 Å². The van der Waals surface area contributed by atoms with Crippen molar-refractivity contribution >= 4 is 21.6 Å². The van der Waals surface area contributed by atoms with E-state index in [1.54, 1.807) is 24.3 Å². The quantitative estimate of drug-likeness (QED) is 0.622. The fraction of sp³-hybridized carbons (Fsp3) is 0.421. The Morgan fingerprint density at radius 3 is 2.82 bits per heavy atom. The van der Waals surface area contributed by atoms with Crippen LogP contribution in [0.1, 0.15) is 5.56 Å². The van der Waals surface area contributed by atoms with Gasteiger partial charge in [-0.15, -0.1) is 0 Å². The van der Waals surface area contributed by atoms with E-state index in [1.165, 1.54) is 7.11 Å². The molecular weight excluding hydrogens is 384 g/mol. The number of amides is 1. The fourth-order valence-corrected chi connectivity index (χ4v) is 4.05. The minimum atomic E-state index is -3.49. The van der Waals surface area contributed by atoms with Crippen LogP contribution in [0.2, 0.25) is 0 Å². The molecule has 1 heterocycles. The van der Waals surface area contributed by atoms with E-state index in [2.05, 4.69) is 10.0 Å². The van der Waals surface area contributed by atoms with Crippen molar-refractivity contribution in [2.24, 2.45) is 0 Å². The van der Waals surface area contributed by atoms with Crippen LogP contribution in [0.25, 0.3) is 0 Å². The molecule has 0 saturated carbocycles. The zero-order chi connectivity index (χ0) is 20.0. The van der Waals surface area contributed by atoms with Gasteiger partial charge in [-0.25, -0.2) is 13.1 Å². The number of methoxy groups -OCH3 is 1. The van der Waals surface area contributed by atoms with Gasteiger partial charge in [0.05, 0.1) is 19.0 Å². The smallest absolute Gasteiger partial charge is 0.255 e. The maximum absolute atomic E-state index is 12.5. The Morgan fingerprint density at radius 2 is 2.04 bits per heavy atom. The molecule has 8 nitrogen and oxygen atoms in total. The average molecular weight is 408 g/mol. The number of carbonyl (C=O) groups is 1. The molecule has 3 rings (SSSR count). The molecule has 28 heavy (non-hydrogen) atoms. The summed E-state index contributed by atoms with van der Waals surface area (Å²) in [7, 11) is -1.98. The van der Waals surface area contributed by atoms with Crippen molar-refractivity contribution in [3.63, 3.8) is 0 Å². The first-order chi connectivity index (χ1) is 13.5. The van der Waals surface area contributed by atoms with Gasteiger partial charge < -0.3 is 19.5 Å². The minimum absolute atomic E-state index is 0.155. The van der Waals surface area contributed by atoms with Crippen molar-refractivity contribution in [1.29, 1.82) is 0 Å². The summed E-state index contributed by atoms with van der Waals surface area (Å²) >= 11 is 0.